The smallest absolute Gasteiger partial charge is 1.00 e. The summed E-state index contributed by atoms with van der Waals surface area (Å²) in [7, 11) is -0.709. The van der Waals surface area contributed by atoms with Gasteiger partial charge in [-0.1, -0.05) is 73.9 Å². The standard InChI is InChI=1S/C28H31ClN2O5S.C27H27ClN2O2.Na.H/c1-35-28(32)19-9-10-21-24(17-19)31(15-6-16-36-37(2,33)34)27(25(21)18-7-4-3-5-8-18)22-11-12-23(29)20-13-14-30-26(20)22;1-32-27(31)18-8-9-20-23(16-18)30-14-5-13-29-15-12-19-22(28)11-10-21(25(19)29)26(30)24(20)17-6-3-2-4-7-17;;/h9-14,17-18,30H,3-8,15-16H2,1-2H3;8-12,15-17H,2-7,13-14H2,1H3;;/q;;+1;-1. The molecule has 0 atom stereocenters. The Morgan fingerprint density at radius 2 is 1.27 bits per heavy atom. The number of carbonyl (C=O) groups excluding carboxylic acids is 2. The van der Waals surface area contributed by atoms with Gasteiger partial charge < -0.3 is 29.6 Å². The summed E-state index contributed by atoms with van der Waals surface area (Å²) >= 11 is 13.1. The molecule has 11 nitrogen and oxygen atoms in total. The van der Waals surface area contributed by atoms with Gasteiger partial charge >= 0.3 is 41.5 Å². The van der Waals surface area contributed by atoms with Gasteiger partial charge in [0, 0.05) is 85.8 Å². The van der Waals surface area contributed by atoms with Gasteiger partial charge in [0.2, 0.25) is 0 Å². The second kappa shape index (κ2) is 21.3. The SMILES string of the molecule is COC(=O)c1ccc2c(C3CCCCC3)c(-c3ccc(Cl)c4cc[nH]c34)n(CCCOS(C)(=O)=O)c2c1.COC(=O)c1ccc2c(C3CCCCC3)c3n(c2c1)CCCn1ccc2c(Cl)ccc-3c21.[H-].[Na+]. The van der Waals surface area contributed by atoms with E-state index >= 15 is 0 Å². The molecule has 5 heterocycles. The van der Waals surface area contributed by atoms with Crippen molar-refractivity contribution >= 4 is 88.9 Å². The first-order valence-corrected chi connectivity index (χ1v) is 26.9. The van der Waals surface area contributed by atoms with Gasteiger partial charge in [-0.15, -0.1) is 0 Å². The number of benzene rings is 4. The molecule has 4 aromatic heterocycles. The molecule has 4 aromatic carbocycles. The quantitative estimate of drug-likeness (QED) is 0.0626. The van der Waals surface area contributed by atoms with E-state index in [9.17, 15) is 18.0 Å². The number of carbonyl (C=O) groups is 2. The van der Waals surface area contributed by atoms with Gasteiger partial charge in [-0.05, 0) is 122 Å². The van der Waals surface area contributed by atoms with E-state index in [2.05, 4.69) is 43.1 Å². The van der Waals surface area contributed by atoms with Crippen molar-refractivity contribution in [1.82, 2.24) is 18.7 Å². The van der Waals surface area contributed by atoms with E-state index in [-0.39, 0.29) is 43.6 Å². The average Bonchev–Trinajstić information content (AvgIpc) is 4.16. The van der Waals surface area contributed by atoms with Crippen LogP contribution < -0.4 is 29.6 Å². The summed E-state index contributed by atoms with van der Waals surface area (Å²) in [6.45, 7) is 2.46. The van der Waals surface area contributed by atoms with Gasteiger partial charge in [0.15, 0.2) is 0 Å². The summed E-state index contributed by atoms with van der Waals surface area (Å²) < 4.78 is 45.2. The van der Waals surface area contributed by atoms with Gasteiger partial charge in [-0.3, -0.25) is 4.18 Å². The van der Waals surface area contributed by atoms with Crippen LogP contribution in [-0.4, -0.2) is 66.1 Å². The van der Waals surface area contributed by atoms with Crippen molar-refractivity contribution in [3.63, 3.8) is 0 Å². The molecule has 11 rings (SSSR count). The Morgan fingerprint density at radius 3 is 1.90 bits per heavy atom. The fourth-order valence-corrected chi connectivity index (χ4v) is 12.6. The molecule has 15 heteroatoms. The Labute approximate surface area is 442 Å². The predicted molar refractivity (Wildman–Crippen MR) is 278 cm³/mol. The summed E-state index contributed by atoms with van der Waals surface area (Å²) in [4.78, 5) is 28.1. The number of hydrogen-bond donors (Lipinski definition) is 1. The molecule has 362 valence electrons. The zero-order valence-corrected chi connectivity index (χ0v) is 44.7. The molecule has 0 spiro atoms. The number of nitrogens with one attached hydrogen (secondary N) is 1. The minimum atomic E-state index is -3.53. The van der Waals surface area contributed by atoms with Gasteiger partial charge in [-0.25, -0.2) is 9.59 Å². The molecule has 2 fully saturated rings. The number of aromatic amines is 1. The van der Waals surface area contributed by atoms with Crippen LogP contribution in [0.15, 0.2) is 85.2 Å². The third-order valence-corrected chi connectivity index (χ3v) is 16.0. The predicted octanol–water partition coefficient (Wildman–Crippen LogP) is 10.9. The van der Waals surface area contributed by atoms with E-state index in [1.54, 1.807) is 0 Å². The number of nitrogens with zero attached hydrogens (tertiary/aromatic N) is 3. The molecule has 8 aromatic rings. The Balaban J connectivity index is 0.000000187. The first-order valence-electron chi connectivity index (χ1n) is 24.3. The van der Waals surface area contributed by atoms with Crippen LogP contribution in [-0.2, 0) is 43.4 Å². The van der Waals surface area contributed by atoms with Crippen LogP contribution in [0.25, 0.3) is 66.1 Å². The molecule has 1 aliphatic heterocycles. The zero-order chi connectivity index (χ0) is 48.0. The van der Waals surface area contributed by atoms with Crippen molar-refractivity contribution in [2.75, 3.05) is 27.1 Å². The second-order valence-corrected chi connectivity index (χ2v) is 21.4. The Kier molecular flexibility index (Phi) is 15.3. The monoisotopic (exact) mass is 1010 g/mol. The molecule has 3 aliphatic rings. The third kappa shape index (κ3) is 9.62. The van der Waals surface area contributed by atoms with Crippen LogP contribution in [0.1, 0.15) is 122 Å². The van der Waals surface area contributed by atoms with Crippen molar-refractivity contribution in [3.05, 3.63) is 117 Å². The number of rotatable bonds is 10. The molecule has 0 bridgehead atoms. The number of halogens is 2. The molecule has 2 aliphatic carbocycles. The second-order valence-electron chi connectivity index (χ2n) is 18.9. The van der Waals surface area contributed by atoms with Crippen LogP contribution in [0.2, 0.25) is 10.0 Å². The number of fused-ring (bicyclic) bond motifs is 6. The fourth-order valence-electron chi connectivity index (χ4n) is 11.7. The van der Waals surface area contributed by atoms with Gasteiger partial charge in [0.25, 0.3) is 10.1 Å². The molecule has 2 saturated carbocycles. The van der Waals surface area contributed by atoms with Crippen molar-refractivity contribution < 1.29 is 62.6 Å². The largest absolute Gasteiger partial charge is 1.00 e. The van der Waals surface area contributed by atoms with Crippen molar-refractivity contribution in [2.45, 2.75) is 109 Å². The van der Waals surface area contributed by atoms with E-state index in [0.29, 0.717) is 41.0 Å². The summed E-state index contributed by atoms with van der Waals surface area (Å²) in [6, 6.07) is 24.2. The van der Waals surface area contributed by atoms with E-state index < -0.39 is 16.1 Å². The van der Waals surface area contributed by atoms with Gasteiger partial charge in [-0.2, -0.15) is 8.42 Å². The number of methoxy groups -OCH3 is 2. The van der Waals surface area contributed by atoms with Crippen molar-refractivity contribution in [1.29, 1.82) is 0 Å². The molecule has 0 saturated heterocycles. The number of aryl methyl sites for hydroxylation is 3. The first kappa shape index (κ1) is 50.4. The molecule has 0 unspecified atom stereocenters. The maximum atomic E-state index is 12.4. The summed E-state index contributed by atoms with van der Waals surface area (Å²) in [5.41, 5.74) is 12.7. The molecule has 0 radical (unpaired) electrons. The van der Waals surface area contributed by atoms with Crippen LogP contribution >= 0.6 is 23.2 Å². The normalized spacial score (nSPS) is 15.6. The summed E-state index contributed by atoms with van der Waals surface area (Å²) in [5, 5.41) is 5.93. The van der Waals surface area contributed by atoms with Crippen LogP contribution in [0, 0.1) is 0 Å². The van der Waals surface area contributed by atoms with Gasteiger partial charge in [0.1, 0.15) is 0 Å². The summed E-state index contributed by atoms with van der Waals surface area (Å²) in [5.74, 6) is 0.244. The van der Waals surface area contributed by atoms with Crippen molar-refractivity contribution in [2.24, 2.45) is 0 Å². The van der Waals surface area contributed by atoms with E-state index in [1.807, 2.05) is 60.8 Å². The number of esters is 2. The van der Waals surface area contributed by atoms with Crippen molar-refractivity contribution in [3.8, 4) is 22.5 Å². The molecular weight excluding hydrogens is 955 g/mol. The maximum Gasteiger partial charge on any atom is 1.00 e. The molecule has 0 amide bonds. The van der Waals surface area contributed by atoms with Crippen LogP contribution in [0.4, 0.5) is 0 Å². The number of ether oxygens (including phenoxy) is 2. The minimum Gasteiger partial charge on any atom is -1.00 e. The topological polar surface area (TPSA) is 127 Å². The minimum absolute atomic E-state index is 0. The van der Waals surface area contributed by atoms with Crippen LogP contribution in [0.3, 0.4) is 0 Å². The Bertz CT molecular complexity index is 3380. The molecule has 70 heavy (non-hydrogen) atoms. The Hall–Kier alpha value is -4.53. The van der Waals surface area contributed by atoms with Crippen LogP contribution in [0.5, 0.6) is 0 Å². The molecule has 1 N–H and O–H groups in total. The first-order chi connectivity index (χ1) is 33.5. The van der Waals surface area contributed by atoms with Gasteiger partial charge in [0.05, 0.1) is 60.6 Å². The van der Waals surface area contributed by atoms with E-state index in [0.717, 1.165) is 87.6 Å². The molecular formula is C55H59Cl2N4NaO7S. The zero-order valence-electron chi connectivity index (χ0n) is 41.4. The third-order valence-electron chi connectivity index (χ3n) is 14.7. The fraction of sp³-hybridized carbons (Fsp3) is 0.382. The maximum absolute atomic E-state index is 12.4. The Morgan fingerprint density at radius 1 is 0.686 bits per heavy atom. The number of hydrogen-bond acceptors (Lipinski definition) is 7. The number of aromatic nitrogens is 4. The summed E-state index contributed by atoms with van der Waals surface area (Å²) in [6.07, 6.45) is 18.8. The average molecular weight is 1010 g/mol. The number of H-pyrrole nitrogens is 1. The van der Waals surface area contributed by atoms with E-state index in [4.69, 9.17) is 36.9 Å². The van der Waals surface area contributed by atoms with E-state index in [1.165, 1.54) is 98.9 Å².